The molecule has 0 unspecified atom stereocenters. The largest absolute Gasteiger partial charge is 0.393 e. The highest BCUT2D eigenvalue weighted by molar-refractivity contribution is 4.34. The van der Waals surface area contributed by atoms with Crippen molar-refractivity contribution in [2.45, 2.75) is 26.3 Å². The summed E-state index contributed by atoms with van der Waals surface area (Å²) in [5, 5.41) is 8.44. The van der Waals surface area contributed by atoms with E-state index >= 15 is 0 Å². The molecule has 0 bridgehead atoms. The van der Waals surface area contributed by atoms with Crippen LogP contribution < -0.4 is 0 Å². The second-order valence-corrected chi connectivity index (χ2v) is 1.07. The van der Waals surface area contributed by atoms with Crippen molar-refractivity contribution in [3.05, 3.63) is 0 Å². The minimum absolute atomic E-state index is 0.343. The summed E-state index contributed by atoms with van der Waals surface area (Å²) >= 11 is 0. The maximum Gasteiger partial charge on any atom is 0.0509 e. The third-order valence-corrected chi connectivity index (χ3v) is 0.482. The molecule has 0 rings (SSSR count). The first-order valence-corrected chi connectivity index (χ1v) is 1.75. The Morgan fingerprint density at radius 2 is 2.40 bits per heavy atom. The summed E-state index contributed by atoms with van der Waals surface area (Å²) in [5.74, 6) is 0. The molecule has 0 aliphatic carbocycles. The maximum absolute atomic E-state index is 8.44. The van der Waals surface area contributed by atoms with Gasteiger partial charge in [0.25, 0.3) is 0 Å². The first kappa shape index (κ1) is 3.16. The summed E-state index contributed by atoms with van der Waals surface area (Å²) in [5.41, 5.74) is 0. The predicted molar refractivity (Wildman–Crippen MR) is 22.0 cm³/mol. The molecular weight excluding hydrogens is 64.0 g/mol. The van der Waals surface area contributed by atoms with E-state index < -0.39 is 6.10 Å². The topological polar surface area (TPSA) is 20.2 Å². The molecule has 1 N–H and O–H groups in total. The predicted octanol–water partition coefficient (Wildman–Crippen LogP) is 0.777. The van der Waals surface area contributed by atoms with Crippen LogP contribution in [0.25, 0.3) is 0 Å². The Morgan fingerprint density at radius 3 is 2.40 bits per heavy atom. The average molecular weight is 75.1 g/mol. The van der Waals surface area contributed by atoms with E-state index in [4.69, 9.17) is 6.48 Å². The molecule has 32 valence electrons. The Labute approximate surface area is 34.0 Å². The van der Waals surface area contributed by atoms with Crippen molar-refractivity contribution in [1.29, 1.82) is 0 Å². The van der Waals surface area contributed by atoms with Gasteiger partial charge in [-0.3, -0.25) is 0 Å². The van der Waals surface area contributed by atoms with Crippen LogP contribution >= 0.6 is 0 Å². The van der Waals surface area contributed by atoms with Gasteiger partial charge in [-0.05, 0) is 13.3 Å². The first-order chi connectivity index (χ1) is 2.64. The highest BCUT2D eigenvalue weighted by Gasteiger charge is 1.81. The number of aliphatic hydroxyl groups is 1. The molecule has 0 heterocycles. The lowest BCUT2D eigenvalue weighted by molar-refractivity contribution is 0.191. The van der Waals surface area contributed by atoms with Crippen LogP contribution in [0, 0.1) is 0 Å². The van der Waals surface area contributed by atoms with Crippen LogP contribution in [-0.4, -0.2) is 11.2 Å². The van der Waals surface area contributed by atoms with Gasteiger partial charge in [0.05, 0.1) is 6.10 Å². The van der Waals surface area contributed by atoms with E-state index in [2.05, 4.69) is 0 Å². The molecule has 0 aromatic carbocycles. The van der Waals surface area contributed by atoms with Gasteiger partial charge in [-0.25, -0.2) is 0 Å². The van der Waals surface area contributed by atoms with Crippen LogP contribution in [0.1, 0.15) is 21.6 Å². The summed E-state index contributed by atoms with van der Waals surface area (Å²) in [6.45, 7) is 3.27. The number of hydrogen-bond donors (Lipinski definition) is 1. The van der Waals surface area contributed by atoms with Crippen LogP contribution in [0.5, 0.6) is 0 Å². The summed E-state index contributed by atoms with van der Waals surface area (Å²) < 4.78 is 6.78. The second kappa shape index (κ2) is 2.21. The molecule has 1 heteroatoms. The highest BCUT2D eigenvalue weighted by Crippen LogP contribution is 1.81. The molecule has 0 saturated heterocycles. The van der Waals surface area contributed by atoms with Crippen LogP contribution in [0.2, 0.25) is 0 Å². The lowest BCUT2D eigenvalue weighted by Crippen LogP contribution is -1.93. The van der Waals surface area contributed by atoms with Crippen molar-refractivity contribution in [3.8, 4) is 0 Å². The molecule has 0 saturated carbocycles. The lowest BCUT2D eigenvalue weighted by Gasteiger charge is -1.90. The van der Waals surface area contributed by atoms with Gasteiger partial charge in [-0.15, -0.1) is 0 Å². The van der Waals surface area contributed by atoms with Crippen LogP contribution in [0.4, 0.5) is 0 Å². The molecule has 0 aromatic rings. The van der Waals surface area contributed by atoms with E-state index in [-0.39, 0.29) is 6.40 Å². The van der Waals surface area contributed by atoms with E-state index in [1.165, 1.54) is 0 Å². The zero-order valence-electron chi connectivity index (χ0n) is 4.60. The van der Waals surface area contributed by atoms with Gasteiger partial charge in [0, 0.05) is 1.37 Å². The monoisotopic (exact) mass is 75.1 g/mol. The van der Waals surface area contributed by atoms with Crippen molar-refractivity contribution in [3.63, 3.8) is 0 Å². The molecule has 0 fully saturated rings. The zero-order valence-corrected chi connectivity index (χ0v) is 3.60. The van der Waals surface area contributed by atoms with Crippen LogP contribution in [-0.2, 0) is 0 Å². The number of rotatable bonds is 1. The van der Waals surface area contributed by atoms with Gasteiger partial charge in [0.2, 0.25) is 0 Å². The molecule has 0 amide bonds. The third kappa shape index (κ3) is 3.96. The van der Waals surface area contributed by atoms with Crippen molar-refractivity contribution in [2.24, 2.45) is 0 Å². The van der Waals surface area contributed by atoms with E-state index in [0.717, 1.165) is 0 Å². The van der Waals surface area contributed by atoms with Gasteiger partial charge in [0.1, 0.15) is 0 Å². The third-order valence-electron chi connectivity index (χ3n) is 0.482. The van der Waals surface area contributed by atoms with Crippen molar-refractivity contribution in [2.75, 3.05) is 0 Å². The highest BCUT2D eigenvalue weighted by atomic mass is 16.3. The normalized spacial score (nSPS) is 24.2. The Morgan fingerprint density at radius 1 is 2.20 bits per heavy atom. The van der Waals surface area contributed by atoms with Gasteiger partial charge >= 0.3 is 0 Å². The lowest BCUT2D eigenvalue weighted by atomic mass is 10.3. The standard InChI is InChI=1S/C4H10O/c1-3-4(2)5/h4-5H,3H2,1-2H3/t4-/m0/s1/i3D/t3-,4-. The quantitative estimate of drug-likeness (QED) is 0.488. The molecule has 0 aromatic heterocycles. The Balaban J connectivity index is 2.99. The van der Waals surface area contributed by atoms with E-state index in [1.807, 2.05) is 0 Å². The molecule has 0 radical (unpaired) electrons. The van der Waals surface area contributed by atoms with Crippen molar-refractivity contribution >= 4 is 0 Å². The van der Waals surface area contributed by atoms with Crippen molar-refractivity contribution in [1.82, 2.24) is 0 Å². The van der Waals surface area contributed by atoms with Crippen LogP contribution in [0.3, 0.4) is 0 Å². The fourth-order valence-electron chi connectivity index (χ4n) is 0. The second-order valence-electron chi connectivity index (χ2n) is 1.07. The van der Waals surface area contributed by atoms with E-state index in [9.17, 15) is 0 Å². The smallest absolute Gasteiger partial charge is 0.0509 e. The van der Waals surface area contributed by atoms with Gasteiger partial charge in [-0.1, -0.05) is 6.92 Å². The van der Waals surface area contributed by atoms with E-state index in [0.29, 0.717) is 0 Å². The Hall–Kier alpha value is -0.0400. The fraction of sp³-hybridized carbons (Fsp3) is 1.00. The SMILES string of the molecule is [2H][C@@H](C)[C@H](C)O. The Kier molecular flexibility index (Phi) is 1.40. The summed E-state index contributed by atoms with van der Waals surface area (Å²) in [6.07, 6.45) is -0.824. The summed E-state index contributed by atoms with van der Waals surface area (Å²) in [7, 11) is 0. The molecule has 0 aliphatic heterocycles. The van der Waals surface area contributed by atoms with Gasteiger partial charge < -0.3 is 5.11 Å². The minimum atomic E-state index is -0.481. The van der Waals surface area contributed by atoms with Gasteiger partial charge in [0.15, 0.2) is 0 Å². The van der Waals surface area contributed by atoms with Crippen molar-refractivity contribution < 1.29 is 6.48 Å². The minimum Gasteiger partial charge on any atom is -0.393 e. The summed E-state index contributed by atoms with van der Waals surface area (Å²) in [4.78, 5) is 0. The summed E-state index contributed by atoms with van der Waals surface area (Å²) in [6, 6.07) is 0. The molecule has 0 aliphatic rings. The van der Waals surface area contributed by atoms with Crippen LogP contribution in [0.15, 0.2) is 0 Å². The maximum atomic E-state index is 8.44. The molecule has 0 spiro atoms. The average Bonchev–Trinajstić information content (AvgIpc) is 1.36. The molecule has 5 heavy (non-hydrogen) atoms. The first-order valence-electron chi connectivity index (χ1n) is 2.32. The van der Waals surface area contributed by atoms with E-state index in [1.54, 1.807) is 13.8 Å². The molecular formula is C4H10O. The number of aliphatic hydroxyl groups excluding tert-OH is 1. The fourth-order valence-corrected chi connectivity index (χ4v) is 0. The molecule has 2 atom stereocenters. The number of hydrogen-bond acceptors (Lipinski definition) is 1. The van der Waals surface area contributed by atoms with Gasteiger partial charge in [-0.2, -0.15) is 0 Å². The molecule has 1 nitrogen and oxygen atoms in total. The zero-order chi connectivity index (χ0) is 5.15. The Bertz CT molecular complexity index is 28.5.